The van der Waals surface area contributed by atoms with Crippen LogP contribution in [0.15, 0.2) is 47.8 Å². The number of nitrogens with zero attached hydrogens (tertiary/aromatic N) is 3. The molecule has 2 aromatic heterocycles. The summed E-state index contributed by atoms with van der Waals surface area (Å²) < 4.78 is 37.7. The van der Waals surface area contributed by atoms with Gasteiger partial charge in [0.15, 0.2) is 0 Å². The molecule has 0 spiro atoms. The second-order valence-electron chi connectivity index (χ2n) is 6.47. The highest BCUT2D eigenvalue weighted by molar-refractivity contribution is 7.86. The molecule has 7 nitrogen and oxygen atoms in total. The zero-order valence-corrected chi connectivity index (χ0v) is 16.2. The Morgan fingerprint density at radius 1 is 1.22 bits per heavy atom. The lowest BCUT2D eigenvalue weighted by atomic mass is 10.2. The molecule has 1 saturated heterocycles. The first kappa shape index (κ1) is 18.4. The molecule has 3 heterocycles. The van der Waals surface area contributed by atoms with Crippen LogP contribution < -0.4 is 0 Å². The van der Waals surface area contributed by atoms with Gasteiger partial charge in [-0.05, 0) is 38.0 Å². The zero-order valence-electron chi connectivity index (χ0n) is 14.6. The molecule has 27 heavy (non-hydrogen) atoms. The van der Waals surface area contributed by atoms with Gasteiger partial charge in [0, 0.05) is 6.20 Å². The third-order valence-electron chi connectivity index (χ3n) is 4.57. The average Bonchev–Trinajstić information content (AvgIpc) is 3.28. The Hall–Kier alpha value is -2.00. The number of benzene rings is 1. The summed E-state index contributed by atoms with van der Waals surface area (Å²) in [5, 5.41) is 1.14. The van der Waals surface area contributed by atoms with Crippen LogP contribution in [0.2, 0.25) is 5.15 Å². The van der Waals surface area contributed by atoms with Crippen LogP contribution in [-0.2, 0) is 19.0 Å². The average molecular weight is 408 g/mol. The molecule has 1 aliphatic heterocycles. The summed E-state index contributed by atoms with van der Waals surface area (Å²) in [6.07, 6.45) is 4.11. The van der Waals surface area contributed by atoms with E-state index in [1.165, 1.54) is 6.33 Å². The third kappa shape index (κ3) is 3.70. The molecule has 3 aromatic rings. The first-order valence-electron chi connectivity index (χ1n) is 8.52. The van der Waals surface area contributed by atoms with Crippen molar-refractivity contribution in [2.24, 2.45) is 0 Å². The summed E-state index contributed by atoms with van der Waals surface area (Å²) in [6.45, 7) is 1.87. The van der Waals surface area contributed by atoms with E-state index < -0.39 is 10.1 Å². The summed E-state index contributed by atoms with van der Waals surface area (Å²) in [4.78, 5) is 8.37. The first-order chi connectivity index (χ1) is 12.9. The van der Waals surface area contributed by atoms with E-state index in [0.29, 0.717) is 17.2 Å². The summed E-state index contributed by atoms with van der Waals surface area (Å²) in [7, 11) is -3.80. The first-order valence-corrected chi connectivity index (χ1v) is 10.3. The van der Waals surface area contributed by atoms with Gasteiger partial charge in [-0.2, -0.15) is 8.42 Å². The Bertz CT molecular complexity index is 1070. The van der Waals surface area contributed by atoms with E-state index in [1.807, 2.05) is 23.8 Å². The van der Waals surface area contributed by atoms with Crippen LogP contribution in [0.1, 0.15) is 24.6 Å². The fourth-order valence-electron chi connectivity index (χ4n) is 3.12. The van der Waals surface area contributed by atoms with Gasteiger partial charge in [-0.3, -0.25) is 4.18 Å². The van der Waals surface area contributed by atoms with Gasteiger partial charge in [0.1, 0.15) is 23.4 Å². The van der Waals surface area contributed by atoms with Crippen LogP contribution in [0.4, 0.5) is 0 Å². The van der Waals surface area contributed by atoms with Gasteiger partial charge >= 0.3 is 0 Å². The van der Waals surface area contributed by atoms with E-state index in [-0.39, 0.29) is 23.8 Å². The molecular formula is C18H18ClN3O4S. The molecule has 1 aliphatic rings. The van der Waals surface area contributed by atoms with E-state index in [4.69, 9.17) is 20.5 Å². The minimum Gasteiger partial charge on any atom is -0.352 e. The Balaban J connectivity index is 1.42. The van der Waals surface area contributed by atoms with Gasteiger partial charge in [0.25, 0.3) is 10.1 Å². The van der Waals surface area contributed by atoms with Crippen molar-refractivity contribution in [2.75, 3.05) is 6.61 Å². The molecule has 0 aliphatic carbocycles. The topological polar surface area (TPSA) is 83.3 Å². The molecule has 1 aromatic carbocycles. The number of aromatic nitrogens is 3. The SMILES string of the molecule is Cc1ccc(S(=O)(=O)OCC2CCC(n3ccc4c(Cl)ncnc43)O2)cc1. The van der Waals surface area contributed by atoms with Crippen LogP contribution in [-0.4, -0.2) is 35.7 Å². The zero-order chi connectivity index (χ0) is 19.0. The summed E-state index contributed by atoms with van der Waals surface area (Å²) in [5.74, 6) is 0. The normalized spacial score (nSPS) is 20.4. The highest BCUT2D eigenvalue weighted by Crippen LogP contribution is 2.32. The number of hydrogen-bond donors (Lipinski definition) is 0. The number of halogens is 1. The maximum absolute atomic E-state index is 12.3. The summed E-state index contributed by atoms with van der Waals surface area (Å²) in [6, 6.07) is 8.40. The smallest absolute Gasteiger partial charge is 0.297 e. The van der Waals surface area contributed by atoms with Gasteiger partial charge in [0.05, 0.1) is 23.0 Å². The van der Waals surface area contributed by atoms with Gasteiger partial charge in [-0.15, -0.1) is 0 Å². The van der Waals surface area contributed by atoms with Crippen LogP contribution >= 0.6 is 11.6 Å². The van der Waals surface area contributed by atoms with E-state index in [1.54, 1.807) is 24.3 Å². The van der Waals surface area contributed by atoms with Crippen molar-refractivity contribution < 1.29 is 17.3 Å². The molecule has 2 unspecified atom stereocenters. The highest BCUT2D eigenvalue weighted by atomic mass is 35.5. The van der Waals surface area contributed by atoms with Crippen molar-refractivity contribution in [1.29, 1.82) is 0 Å². The molecule has 142 valence electrons. The standard InChI is InChI=1S/C18H18ClN3O4S/c1-12-2-5-14(6-3-12)27(23,24)25-10-13-4-7-16(26-13)22-9-8-15-17(19)20-11-21-18(15)22/h2-3,5-6,8-9,11,13,16H,4,7,10H2,1H3. The van der Waals surface area contributed by atoms with Crippen LogP contribution in [0.3, 0.4) is 0 Å². The van der Waals surface area contributed by atoms with Gasteiger partial charge < -0.3 is 9.30 Å². The lowest BCUT2D eigenvalue weighted by Crippen LogP contribution is -2.19. The van der Waals surface area contributed by atoms with Gasteiger partial charge in [-0.1, -0.05) is 29.3 Å². The second-order valence-corrected chi connectivity index (χ2v) is 8.44. The minimum absolute atomic E-state index is 0.0261. The number of rotatable bonds is 5. The number of hydrogen-bond acceptors (Lipinski definition) is 6. The van der Waals surface area contributed by atoms with Crippen molar-refractivity contribution in [1.82, 2.24) is 14.5 Å². The number of fused-ring (bicyclic) bond motifs is 1. The van der Waals surface area contributed by atoms with E-state index in [0.717, 1.165) is 17.4 Å². The highest BCUT2D eigenvalue weighted by Gasteiger charge is 2.29. The van der Waals surface area contributed by atoms with Crippen molar-refractivity contribution in [3.05, 3.63) is 53.6 Å². The maximum atomic E-state index is 12.3. The third-order valence-corrected chi connectivity index (χ3v) is 6.17. The number of aryl methyl sites for hydroxylation is 1. The molecule has 0 bridgehead atoms. The van der Waals surface area contributed by atoms with E-state index in [2.05, 4.69) is 9.97 Å². The Kier molecular flexibility index (Phi) is 4.90. The molecule has 1 fully saturated rings. The van der Waals surface area contributed by atoms with Gasteiger partial charge in [0.2, 0.25) is 0 Å². The second kappa shape index (κ2) is 7.20. The molecular weight excluding hydrogens is 390 g/mol. The quantitative estimate of drug-likeness (QED) is 0.475. The van der Waals surface area contributed by atoms with E-state index >= 15 is 0 Å². The fraction of sp³-hybridized carbons (Fsp3) is 0.333. The maximum Gasteiger partial charge on any atom is 0.297 e. The van der Waals surface area contributed by atoms with Crippen molar-refractivity contribution in [2.45, 2.75) is 37.0 Å². The predicted molar refractivity (Wildman–Crippen MR) is 100.0 cm³/mol. The lowest BCUT2D eigenvalue weighted by molar-refractivity contribution is -0.0146. The minimum atomic E-state index is -3.80. The Morgan fingerprint density at radius 3 is 2.78 bits per heavy atom. The molecule has 9 heteroatoms. The van der Waals surface area contributed by atoms with Crippen molar-refractivity contribution in [3.63, 3.8) is 0 Å². The van der Waals surface area contributed by atoms with Gasteiger partial charge in [-0.25, -0.2) is 9.97 Å². The molecule has 0 saturated carbocycles. The van der Waals surface area contributed by atoms with Crippen LogP contribution in [0.25, 0.3) is 11.0 Å². The summed E-state index contributed by atoms with van der Waals surface area (Å²) >= 11 is 6.08. The predicted octanol–water partition coefficient (Wildman–Crippen LogP) is 3.48. The van der Waals surface area contributed by atoms with E-state index in [9.17, 15) is 8.42 Å². The molecule has 2 atom stereocenters. The molecule has 4 rings (SSSR count). The van der Waals surface area contributed by atoms with Crippen molar-refractivity contribution in [3.8, 4) is 0 Å². The van der Waals surface area contributed by atoms with Crippen LogP contribution in [0, 0.1) is 6.92 Å². The number of ether oxygens (including phenoxy) is 1. The fourth-order valence-corrected chi connectivity index (χ4v) is 4.25. The molecule has 0 radical (unpaired) electrons. The van der Waals surface area contributed by atoms with Crippen LogP contribution in [0.5, 0.6) is 0 Å². The van der Waals surface area contributed by atoms with Crippen molar-refractivity contribution >= 4 is 32.8 Å². The Labute approximate surface area is 162 Å². The summed E-state index contributed by atoms with van der Waals surface area (Å²) in [5.41, 5.74) is 1.67. The molecule has 0 amide bonds. The largest absolute Gasteiger partial charge is 0.352 e. The molecule has 0 N–H and O–H groups in total. The lowest BCUT2D eigenvalue weighted by Gasteiger charge is -2.16. The Morgan fingerprint density at radius 2 is 2.00 bits per heavy atom. The monoisotopic (exact) mass is 407 g/mol.